The zero-order valence-electron chi connectivity index (χ0n) is 19.4. The molecule has 35 heavy (non-hydrogen) atoms. The molecule has 2 aromatic carbocycles. The molecule has 1 aliphatic heterocycles. The van der Waals surface area contributed by atoms with Crippen LogP contribution >= 0.6 is 0 Å². The number of fused-ring (bicyclic) bond motifs is 1. The van der Waals surface area contributed by atoms with Crippen molar-refractivity contribution in [1.82, 2.24) is 4.90 Å². The summed E-state index contributed by atoms with van der Waals surface area (Å²) >= 11 is 0. The number of alkyl halides is 2. The first-order valence-corrected chi connectivity index (χ1v) is 12.4. The molecule has 2 heterocycles. The maximum atomic E-state index is 15.0. The zero-order valence-corrected chi connectivity index (χ0v) is 19.4. The van der Waals surface area contributed by atoms with Gasteiger partial charge in [-0.1, -0.05) is 18.2 Å². The van der Waals surface area contributed by atoms with Gasteiger partial charge in [0.2, 0.25) is 5.92 Å². The van der Waals surface area contributed by atoms with Crippen LogP contribution in [0.2, 0.25) is 0 Å². The summed E-state index contributed by atoms with van der Waals surface area (Å²) in [6.45, 7) is 1.48. The maximum Gasteiger partial charge on any atom is 0.309 e. The number of nitrogens with zero attached hydrogens (tertiary/aromatic N) is 1. The van der Waals surface area contributed by atoms with Crippen LogP contribution in [-0.4, -0.2) is 35.0 Å². The lowest BCUT2D eigenvalue weighted by atomic mass is 9.73. The minimum atomic E-state index is -2.53. The predicted octanol–water partition coefficient (Wildman–Crippen LogP) is 6.61. The molecular formula is C28H28F3NO3. The van der Waals surface area contributed by atoms with E-state index in [1.54, 1.807) is 6.07 Å². The number of carboxylic acid groups (broad SMARTS) is 1. The molecule has 0 spiro atoms. The molecule has 0 atom stereocenters. The van der Waals surface area contributed by atoms with E-state index in [1.165, 1.54) is 6.07 Å². The number of rotatable bonds is 6. The van der Waals surface area contributed by atoms with Gasteiger partial charge >= 0.3 is 5.97 Å². The third kappa shape index (κ3) is 4.14. The van der Waals surface area contributed by atoms with E-state index in [0.717, 1.165) is 29.4 Å². The van der Waals surface area contributed by atoms with Gasteiger partial charge in [-0.3, -0.25) is 9.69 Å². The Bertz CT molecular complexity index is 1280. The largest absolute Gasteiger partial charge is 0.481 e. The molecule has 0 unspecified atom stereocenters. The Morgan fingerprint density at radius 1 is 1.03 bits per heavy atom. The van der Waals surface area contributed by atoms with Crippen LogP contribution in [0.5, 0.6) is 0 Å². The SMILES string of the molecule is O=C(O)C1CN(Cc2ccc(-c3cc4ccc(C5(C6CCC(F)(F)CC6)CC5)cc4o3)c(F)c2)C1. The molecule has 3 aliphatic rings. The van der Waals surface area contributed by atoms with Crippen LogP contribution in [-0.2, 0) is 16.8 Å². The highest BCUT2D eigenvalue weighted by atomic mass is 19.3. The Morgan fingerprint density at radius 2 is 1.77 bits per heavy atom. The van der Waals surface area contributed by atoms with Crippen LogP contribution in [0, 0.1) is 17.7 Å². The van der Waals surface area contributed by atoms with Crippen LogP contribution in [0.1, 0.15) is 49.7 Å². The summed E-state index contributed by atoms with van der Waals surface area (Å²) in [5.74, 6) is -3.30. The minimum Gasteiger partial charge on any atom is -0.481 e. The number of furan rings is 1. The molecule has 3 fully saturated rings. The van der Waals surface area contributed by atoms with Gasteiger partial charge in [0, 0.05) is 37.9 Å². The Labute approximate surface area is 201 Å². The van der Waals surface area contributed by atoms with Crippen molar-refractivity contribution in [2.24, 2.45) is 11.8 Å². The van der Waals surface area contributed by atoms with E-state index >= 15 is 0 Å². The molecule has 2 saturated carbocycles. The highest BCUT2D eigenvalue weighted by Gasteiger charge is 2.53. The smallest absolute Gasteiger partial charge is 0.309 e. The third-order valence-corrected chi connectivity index (χ3v) is 8.39. The second kappa shape index (κ2) is 8.12. The lowest BCUT2D eigenvalue weighted by Gasteiger charge is -2.36. The maximum absolute atomic E-state index is 15.0. The summed E-state index contributed by atoms with van der Waals surface area (Å²) in [5, 5.41) is 9.90. The van der Waals surface area contributed by atoms with Gasteiger partial charge in [0.15, 0.2) is 0 Å². The van der Waals surface area contributed by atoms with Crippen LogP contribution in [0.4, 0.5) is 13.2 Å². The van der Waals surface area contributed by atoms with Crippen molar-refractivity contribution in [3.05, 3.63) is 59.4 Å². The number of benzene rings is 2. The molecule has 2 aliphatic carbocycles. The summed E-state index contributed by atoms with van der Waals surface area (Å²) < 4.78 is 48.4. The fraction of sp³-hybridized carbons (Fsp3) is 0.464. The van der Waals surface area contributed by atoms with Crippen LogP contribution < -0.4 is 0 Å². The Kier molecular flexibility index (Phi) is 5.25. The Morgan fingerprint density at radius 3 is 2.43 bits per heavy atom. The number of halogens is 3. The van der Waals surface area contributed by atoms with Gasteiger partial charge in [0.1, 0.15) is 17.2 Å². The molecule has 1 N–H and O–H groups in total. The topological polar surface area (TPSA) is 53.7 Å². The lowest BCUT2D eigenvalue weighted by Crippen LogP contribution is -2.49. The van der Waals surface area contributed by atoms with Crippen molar-refractivity contribution < 1.29 is 27.5 Å². The van der Waals surface area contributed by atoms with Gasteiger partial charge in [0.25, 0.3) is 0 Å². The van der Waals surface area contributed by atoms with E-state index in [9.17, 15) is 18.0 Å². The first-order chi connectivity index (χ1) is 16.7. The summed E-state index contributed by atoms with van der Waals surface area (Å²) in [7, 11) is 0. The van der Waals surface area contributed by atoms with Crippen LogP contribution in [0.15, 0.2) is 46.9 Å². The normalized spacial score (nSPS) is 22.3. The predicted molar refractivity (Wildman–Crippen MR) is 126 cm³/mol. The van der Waals surface area contributed by atoms with E-state index in [0.29, 0.717) is 49.4 Å². The second-order valence-corrected chi connectivity index (χ2v) is 10.7. The summed E-state index contributed by atoms with van der Waals surface area (Å²) in [5.41, 5.74) is 2.98. The highest BCUT2D eigenvalue weighted by Crippen LogP contribution is 2.59. The van der Waals surface area contributed by atoms with Crippen molar-refractivity contribution >= 4 is 16.9 Å². The number of hydrogen-bond acceptors (Lipinski definition) is 3. The molecule has 7 heteroatoms. The van der Waals surface area contributed by atoms with Gasteiger partial charge in [-0.25, -0.2) is 13.2 Å². The van der Waals surface area contributed by atoms with Gasteiger partial charge < -0.3 is 9.52 Å². The van der Waals surface area contributed by atoms with Crippen molar-refractivity contribution in [1.29, 1.82) is 0 Å². The average molecular weight is 484 g/mol. The zero-order chi connectivity index (χ0) is 24.4. The monoisotopic (exact) mass is 483 g/mol. The molecule has 6 rings (SSSR count). The number of carboxylic acids is 1. The van der Waals surface area contributed by atoms with E-state index in [2.05, 4.69) is 6.07 Å². The summed E-state index contributed by atoms with van der Waals surface area (Å²) in [4.78, 5) is 13.0. The summed E-state index contributed by atoms with van der Waals surface area (Å²) in [6, 6.07) is 13.0. The van der Waals surface area contributed by atoms with E-state index < -0.39 is 11.9 Å². The molecule has 3 aromatic rings. The molecule has 4 nitrogen and oxygen atoms in total. The fourth-order valence-electron chi connectivity index (χ4n) is 6.10. The number of carbonyl (C=O) groups is 1. The molecule has 0 bridgehead atoms. The first-order valence-electron chi connectivity index (χ1n) is 12.4. The summed E-state index contributed by atoms with van der Waals surface area (Å²) in [6.07, 6.45) is 3.09. The molecule has 1 saturated heterocycles. The van der Waals surface area contributed by atoms with Crippen molar-refractivity contribution in [3.63, 3.8) is 0 Å². The number of aliphatic carboxylic acids is 1. The lowest BCUT2D eigenvalue weighted by molar-refractivity contribution is -0.147. The number of likely N-dealkylation sites (tertiary alicyclic amines) is 1. The fourth-order valence-corrected chi connectivity index (χ4v) is 6.10. The van der Waals surface area contributed by atoms with Gasteiger partial charge in [-0.05, 0) is 72.4 Å². The van der Waals surface area contributed by atoms with Crippen molar-refractivity contribution in [3.8, 4) is 11.3 Å². The van der Waals surface area contributed by atoms with E-state index in [4.69, 9.17) is 9.52 Å². The molecule has 0 radical (unpaired) electrons. The number of hydrogen-bond donors (Lipinski definition) is 1. The van der Waals surface area contributed by atoms with Gasteiger partial charge in [-0.15, -0.1) is 0 Å². The van der Waals surface area contributed by atoms with Crippen molar-refractivity contribution in [2.75, 3.05) is 13.1 Å². The quantitative estimate of drug-likeness (QED) is 0.429. The second-order valence-electron chi connectivity index (χ2n) is 10.7. The van der Waals surface area contributed by atoms with Crippen molar-refractivity contribution in [2.45, 2.75) is 56.4 Å². The Balaban J connectivity index is 1.20. The minimum absolute atomic E-state index is 0.0267. The first kappa shape index (κ1) is 22.7. The molecule has 1 aromatic heterocycles. The van der Waals surface area contributed by atoms with E-state index in [-0.39, 0.29) is 35.9 Å². The molecular weight excluding hydrogens is 455 g/mol. The molecule has 184 valence electrons. The Hall–Kier alpha value is -2.80. The van der Waals surface area contributed by atoms with Gasteiger partial charge in [0.05, 0.1) is 11.5 Å². The standard InChI is InChI=1S/C28H28F3NO3/c29-23-11-17(14-32-15-19(16-32)26(33)34)1-4-22(23)25-12-18-2-3-21(13-24(18)35-25)27(9-10-27)20-5-7-28(30,31)8-6-20/h1-4,11-13,19-20H,5-10,14-16H2,(H,33,34). The molecule has 0 amide bonds. The highest BCUT2D eigenvalue weighted by molar-refractivity contribution is 5.84. The average Bonchev–Trinajstić information content (AvgIpc) is 3.48. The third-order valence-electron chi connectivity index (χ3n) is 8.39. The van der Waals surface area contributed by atoms with Gasteiger partial charge in [-0.2, -0.15) is 0 Å². The van der Waals surface area contributed by atoms with E-state index in [1.807, 2.05) is 29.2 Å². The van der Waals surface area contributed by atoms with Crippen LogP contribution in [0.25, 0.3) is 22.3 Å². The van der Waals surface area contributed by atoms with Crippen LogP contribution in [0.3, 0.4) is 0 Å².